The number of imidazole rings is 1. The number of aromatic nitrogens is 2. The highest BCUT2D eigenvalue weighted by atomic mass is 35.5. The van der Waals surface area contributed by atoms with Crippen molar-refractivity contribution in [2.75, 3.05) is 25.8 Å². The normalized spacial score (nSPS) is 12.0. The highest BCUT2D eigenvalue weighted by Gasteiger charge is 2.18. The number of nitrogens with one attached hydrogen (secondary N) is 2. The minimum Gasteiger partial charge on any atom is -0.453 e. The molecule has 0 aliphatic heterocycles. The Labute approximate surface area is 137 Å². The molecule has 0 aliphatic carbocycles. The molecule has 0 saturated carbocycles. The Hall–Kier alpha value is -2.32. The van der Waals surface area contributed by atoms with E-state index in [9.17, 15) is 9.59 Å². The van der Waals surface area contributed by atoms with E-state index in [-0.39, 0.29) is 18.1 Å². The monoisotopic (exact) mass is 340 g/mol. The third kappa shape index (κ3) is 4.33. The predicted octanol–water partition coefficient (Wildman–Crippen LogP) is 2.37. The van der Waals surface area contributed by atoms with Crippen LogP contribution in [-0.4, -0.2) is 47.5 Å². The zero-order valence-electron chi connectivity index (χ0n) is 12.7. The summed E-state index contributed by atoms with van der Waals surface area (Å²) in [7, 11) is 1.23. The van der Waals surface area contributed by atoms with Crippen molar-refractivity contribution >= 4 is 40.7 Å². The first-order chi connectivity index (χ1) is 11.0. The van der Waals surface area contributed by atoms with Crippen LogP contribution in [0.25, 0.3) is 11.0 Å². The number of halogens is 1. The highest BCUT2D eigenvalue weighted by Crippen LogP contribution is 2.19. The van der Waals surface area contributed by atoms with Crippen LogP contribution in [0, 0.1) is 0 Å². The van der Waals surface area contributed by atoms with E-state index in [1.165, 1.54) is 11.7 Å². The third-order valence-electron chi connectivity index (χ3n) is 2.84. The molecule has 2 rings (SSSR count). The summed E-state index contributed by atoms with van der Waals surface area (Å²) in [6.07, 6.45) is -0.721. The lowest BCUT2D eigenvalue weighted by Crippen LogP contribution is -2.32. The highest BCUT2D eigenvalue weighted by molar-refractivity contribution is 6.20. The van der Waals surface area contributed by atoms with Crippen LogP contribution in [0.1, 0.15) is 6.92 Å². The summed E-state index contributed by atoms with van der Waals surface area (Å²) in [6.45, 7) is 2.07. The van der Waals surface area contributed by atoms with E-state index >= 15 is 0 Å². The van der Waals surface area contributed by atoms with Crippen LogP contribution >= 0.6 is 11.6 Å². The van der Waals surface area contributed by atoms with E-state index in [1.54, 1.807) is 31.2 Å². The van der Waals surface area contributed by atoms with Crippen molar-refractivity contribution in [1.82, 2.24) is 14.9 Å². The van der Waals surface area contributed by atoms with Gasteiger partial charge in [-0.25, -0.2) is 19.1 Å². The lowest BCUT2D eigenvalue weighted by atomic mass is 10.3. The molecule has 2 amide bonds. The van der Waals surface area contributed by atoms with Crippen LogP contribution in [0.5, 0.6) is 0 Å². The van der Waals surface area contributed by atoms with Gasteiger partial charge in [0.1, 0.15) is 6.73 Å². The Balaban J connectivity index is 2.20. The molecule has 1 heterocycles. The number of methoxy groups -OCH3 is 1. The molecule has 0 fully saturated rings. The number of hydrogen-bond acceptors (Lipinski definition) is 5. The van der Waals surface area contributed by atoms with Crippen molar-refractivity contribution in [3.8, 4) is 0 Å². The second kappa shape index (κ2) is 7.80. The minimum atomic E-state index is -0.721. The number of rotatable bonds is 5. The van der Waals surface area contributed by atoms with Crippen molar-refractivity contribution in [3.05, 3.63) is 24.3 Å². The summed E-state index contributed by atoms with van der Waals surface area (Å²) in [5.41, 5.74) is 1.10. The van der Waals surface area contributed by atoms with Gasteiger partial charge in [0.2, 0.25) is 5.95 Å². The summed E-state index contributed by atoms with van der Waals surface area (Å²) in [6, 6.07) is 6.50. The molecule has 1 aromatic carbocycles. The van der Waals surface area contributed by atoms with Crippen molar-refractivity contribution in [1.29, 1.82) is 0 Å². The number of para-hydroxylation sites is 2. The van der Waals surface area contributed by atoms with Gasteiger partial charge in [0.15, 0.2) is 0 Å². The largest absolute Gasteiger partial charge is 0.453 e. The van der Waals surface area contributed by atoms with E-state index in [0.717, 1.165) is 0 Å². The molecule has 9 heteroatoms. The molecule has 0 spiro atoms. The maximum absolute atomic E-state index is 12.4. The molecule has 1 unspecified atom stereocenters. The Morgan fingerprint density at radius 3 is 2.83 bits per heavy atom. The van der Waals surface area contributed by atoms with Crippen molar-refractivity contribution < 1.29 is 19.1 Å². The molecule has 0 bridgehead atoms. The van der Waals surface area contributed by atoms with Gasteiger partial charge in [-0.1, -0.05) is 12.1 Å². The summed E-state index contributed by atoms with van der Waals surface area (Å²) in [5.74, 6) is 0.0567. The van der Waals surface area contributed by atoms with Crippen LogP contribution < -0.4 is 10.6 Å². The van der Waals surface area contributed by atoms with Gasteiger partial charge in [-0.05, 0) is 19.1 Å². The quantitative estimate of drug-likeness (QED) is 0.495. The Morgan fingerprint density at radius 2 is 2.13 bits per heavy atom. The number of alkyl halides is 1. The van der Waals surface area contributed by atoms with Crippen molar-refractivity contribution in [3.63, 3.8) is 0 Å². The summed E-state index contributed by atoms with van der Waals surface area (Å²) in [4.78, 5) is 28.0. The number of amides is 2. The fourth-order valence-electron chi connectivity index (χ4n) is 1.87. The Bertz CT molecular complexity index is 701. The third-order valence-corrected chi connectivity index (χ3v) is 2.96. The van der Waals surface area contributed by atoms with Gasteiger partial charge in [-0.2, -0.15) is 0 Å². The standard InChI is InChI=1S/C14H17ClN4O4/c1-9(15)7-23-8-16-13(20)19-11-6-4-3-5-10(11)17-12(19)18-14(21)22-2/h3-6,9H,7-8H2,1-2H3,(H,16,20)(H,17,18,21). The number of fused-ring (bicyclic) bond motifs is 1. The van der Waals surface area contributed by atoms with E-state index in [1.807, 2.05) is 0 Å². The van der Waals surface area contributed by atoms with Gasteiger partial charge in [0.25, 0.3) is 0 Å². The molecular weight excluding hydrogens is 324 g/mol. The van der Waals surface area contributed by atoms with E-state index in [0.29, 0.717) is 17.6 Å². The average molecular weight is 341 g/mol. The topological polar surface area (TPSA) is 94.5 Å². The minimum absolute atomic E-state index is 0.0138. The first kappa shape index (κ1) is 17.0. The smallest absolute Gasteiger partial charge is 0.413 e. The van der Waals surface area contributed by atoms with Crippen LogP contribution in [-0.2, 0) is 9.47 Å². The number of ether oxygens (including phenoxy) is 2. The maximum atomic E-state index is 12.4. The van der Waals surface area contributed by atoms with Crippen molar-refractivity contribution in [2.24, 2.45) is 0 Å². The van der Waals surface area contributed by atoms with Crippen molar-refractivity contribution in [2.45, 2.75) is 12.3 Å². The molecular formula is C14H17ClN4O4. The second-order valence-electron chi connectivity index (χ2n) is 4.65. The summed E-state index contributed by atoms with van der Waals surface area (Å²) < 4.78 is 11.0. The second-order valence-corrected chi connectivity index (χ2v) is 5.40. The molecule has 1 atom stereocenters. The van der Waals surface area contributed by atoms with E-state index < -0.39 is 12.1 Å². The zero-order valence-corrected chi connectivity index (χ0v) is 13.5. The number of nitrogens with zero attached hydrogens (tertiary/aromatic N) is 2. The molecule has 0 aliphatic rings. The number of hydrogen-bond donors (Lipinski definition) is 2. The fourth-order valence-corrected chi connectivity index (χ4v) is 1.96. The Morgan fingerprint density at radius 1 is 1.39 bits per heavy atom. The zero-order chi connectivity index (χ0) is 16.8. The fraction of sp³-hybridized carbons (Fsp3) is 0.357. The molecule has 0 saturated heterocycles. The van der Waals surface area contributed by atoms with E-state index in [4.69, 9.17) is 16.3 Å². The number of carbonyl (C=O) groups is 2. The van der Waals surface area contributed by atoms with Gasteiger partial charge in [0.05, 0.1) is 30.1 Å². The number of carbonyl (C=O) groups excluding carboxylic acids is 2. The SMILES string of the molecule is COC(=O)Nc1nc2ccccc2n1C(=O)NCOCC(C)Cl. The van der Waals surface area contributed by atoms with E-state index in [2.05, 4.69) is 20.4 Å². The predicted molar refractivity (Wildman–Crippen MR) is 85.8 cm³/mol. The molecule has 8 nitrogen and oxygen atoms in total. The molecule has 2 N–H and O–H groups in total. The number of anilines is 1. The van der Waals surface area contributed by atoms with Gasteiger partial charge in [-0.3, -0.25) is 5.32 Å². The van der Waals surface area contributed by atoms with Crippen LogP contribution in [0.4, 0.5) is 15.5 Å². The molecule has 124 valence electrons. The van der Waals surface area contributed by atoms with Gasteiger partial charge in [0, 0.05) is 0 Å². The van der Waals surface area contributed by atoms with Gasteiger partial charge >= 0.3 is 12.1 Å². The average Bonchev–Trinajstić information content (AvgIpc) is 2.88. The van der Waals surface area contributed by atoms with Gasteiger partial charge in [-0.15, -0.1) is 11.6 Å². The lowest BCUT2D eigenvalue weighted by molar-refractivity contribution is 0.123. The van der Waals surface area contributed by atoms with Crippen LogP contribution in [0.15, 0.2) is 24.3 Å². The maximum Gasteiger partial charge on any atom is 0.413 e. The summed E-state index contributed by atoms with van der Waals surface area (Å²) >= 11 is 5.75. The lowest BCUT2D eigenvalue weighted by Gasteiger charge is -2.11. The Kier molecular flexibility index (Phi) is 5.78. The first-order valence-electron chi connectivity index (χ1n) is 6.85. The first-order valence-corrected chi connectivity index (χ1v) is 7.29. The number of benzene rings is 1. The molecule has 2 aromatic rings. The summed E-state index contributed by atoms with van der Waals surface area (Å²) in [5, 5.41) is 4.83. The molecule has 0 radical (unpaired) electrons. The van der Waals surface area contributed by atoms with Crippen LogP contribution in [0.2, 0.25) is 0 Å². The molecule has 23 heavy (non-hydrogen) atoms. The van der Waals surface area contributed by atoms with Crippen LogP contribution in [0.3, 0.4) is 0 Å². The molecule has 1 aromatic heterocycles. The van der Waals surface area contributed by atoms with Gasteiger partial charge < -0.3 is 14.8 Å².